The van der Waals surface area contributed by atoms with Crippen LogP contribution < -0.4 is 10.6 Å². The molecule has 1 fully saturated rings. The van der Waals surface area contributed by atoms with Crippen LogP contribution in [-0.4, -0.2) is 22.4 Å². The number of aryl methyl sites for hydroxylation is 1. The molecule has 3 aromatic carbocycles. The topological polar surface area (TPSA) is 49.3 Å². The van der Waals surface area contributed by atoms with Crippen LogP contribution in [-0.2, 0) is 6.42 Å². The SMILES string of the molecule is Cc1ccc2nc(NCCc3ccc(/N=C4/NC(c5ccccc5)CCS4)cc3)sc2c1. The van der Waals surface area contributed by atoms with Crippen molar-refractivity contribution in [2.45, 2.75) is 25.8 Å². The molecule has 0 spiro atoms. The third-order valence-corrected chi connectivity index (χ3v) is 7.44. The number of anilines is 1. The van der Waals surface area contributed by atoms with Gasteiger partial charge in [0, 0.05) is 12.3 Å². The van der Waals surface area contributed by atoms with Crippen molar-refractivity contribution < 1.29 is 0 Å². The Balaban J connectivity index is 1.16. The van der Waals surface area contributed by atoms with E-state index < -0.39 is 0 Å². The van der Waals surface area contributed by atoms with Gasteiger partial charge in [0.2, 0.25) is 0 Å². The molecule has 0 bridgehead atoms. The van der Waals surface area contributed by atoms with E-state index >= 15 is 0 Å². The monoisotopic (exact) mass is 458 g/mol. The van der Waals surface area contributed by atoms with Crippen LogP contribution in [0.5, 0.6) is 0 Å². The molecule has 1 unspecified atom stereocenters. The van der Waals surface area contributed by atoms with Gasteiger partial charge in [-0.15, -0.1) is 0 Å². The van der Waals surface area contributed by atoms with Gasteiger partial charge in [0.15, 0.2) is 10.3 Å². The van der Waals surface area contributed by atoms with Gasteiger partial charge < -0.3 is 10.6 Å². The lowest BCUT2D eigenvalue weighted by molar-refractivity contribution is 0.628. The lowest BCUT2D eigenvalue weighted by Gasteiger charge is -2.25. The van der Waals surface area contributed by atoms with E-state index in [0.29, 0.717) is 6.04 Å². The van der Waals surface area contributed by atoms with Crippen LogP contribution in [0.15, 0.2) is 77.8 Å². The Kier molecular flexibility index (Phi) is 6.41. The third-order valence-electron chi connectivity index (χ3n) is 5.55. The summed E-state index contributed by atoms with van der Waals surface area (Å²) in [4.78, 5) is 9.51. The van der Waals surface area contributed by atoms with Gasteiger partial charge >= 0.3 is 0 Å². The smallest absolute Gasteiger partial charge is 0.183 e. The van der Waals surface area contributed by atoms with Gasteiger partial charge in [0.05, 0.1) is 21.9 Å². The summed E-state index contributed by atoms with van der Waals surface area (Å²) >= 11 is 3.52. The zero-order chi connectivity index (χ0) is 21.8. The van der Waals surface area contributed by atoms with E-state index in [1.807, 2.05) is 0 Å². The van der Waals surface area contributed by atoms with Crippen LogP contribution in [0.2, 0.25) is 0 Å². The molecule has 1 aliphatic heterocycles. The summed E-state index contributed by atoms with van der Waals surface area (Å²) in [6.45, 7) is 2.98. The van der Waals surface area contributed by atoms with Crippen LogP contribution >= 0.6 is 23.1 Å². The average molecular weight is 459 g/mol. The summed E-state index contributed by atoms with van der Waals surface area (Å²) in [7, 11) is 0. The number of nitrogens with one attached hydrogen (secondary N) is 2. The fourth-order valence-corrected chi connectivity index (χ4v) is 5.74. The Morgan fingerprint density at radius 2 is 1.91 bits per heavy atom. The molecule has 0 amide bonds. The van der Waals surface area contributed by atoms with Crippen molar-refractivity contribution in [3.8, 4) is 0 Å². The van der Waals surface area contributed by atoms with E-state index in [0.717, 1.165) is 46.6 Å². The first-order valence-corrected chi connectivity index (χ1v) is 12.8. The highest BCUT2D eigenvalue weighted by atomic mass is 32.2. The number of rotatable bonds is 6. The van der Waals surface area contributed by atoms with Gasteiger partial charge in [-0.1, -0.05) is 71.6 Å². The number of hydrogen-bond acceptors (Lipinski definition) is 5. The first kappa shape index (κ1) is 21.0. The highest BCUT2D eigenvalue weighted by molar-refractivity contribution is 8.13. The van der Waals surface area contributed by atoms with Gasteiger partial charge in [-0.25, -0.2) is 9.98 Å². The molecule has 5 rings (SSSR count). The normalized spacial score (nSPS) is 17.4. The maximum atomic E-state index is 4.84. The maximum Gasteiger partial charge on any atom is 0.183 e. The Hall–Kier alpha value is -2.83. The lowest BCUT2D eigenvalue weighted by atomic mass is 10.1. The lowest BCUT2D eigenvalue weighted by Crippen LogP contribution is -2.31. The number of hydrogen-bond donors (Lipinski definition) is 2. The number of aromatic nitrogens is 1. The van der Waals surface area contributed by atoms with Gasteiger partial charge in [0.1, 0.15) is 0 Å². The van der Waals surface area contributed by atoms with E-state index in [2.05, 4.69) is 95.3 Å². The molecule has 162 valence electrons. The molecule has 1 atom stereocenters. The molecule has 4 nitrogen and oxygen atoms in total. The fraction of sp³-hybridized carbons (Fsp3) is 0.231. The van der Waals surface area contributed by atoms with E-state index in [4.69, 9.17) is 4.99 Å². The van der Waals surface area contributed by atoms with Crippen molar-refractivity contribution in [3.05, 3.63) is 89.5 Å². The van der Waals surface area contributed by atoms with Gasteiger partial charge in [-0.3, -0.25) is 0 Å². The van der Waals surface area contributed by atoms with E-state index in [1.54, 1.807) is 23.1 Å². The van der Waals surface area contributed by atoms with Crippen molar-refractivity contribution in [1.82, 2.24) is 10.3 Å². The second-order valence-corrected chi connectivity index (χ2v) is 10.1. The second kappa shape index (κ2) is 9.76. The van der Waals surface area contributed by atoms with Crippen LogP contribution in [0, 0.1) is 6.92 Å². The third kappa shape index (κ3) is 5.14. The first-order chi connectivity index (χ1) is 15.7. The number of fused-ring (bicyclic) bond motifs is 1. The molecule has 0 saturated carbocycles. The Morgan fingerprint density at radius 3 is 2.75 bits per heavy atom. The predicted molar refractivity (Wildman–Crippen MR) is 139 cm³/mol. The molecule has 2 heterocycles. The highest BCUT2D eigenvalue weighted by Crippen LogP contribution is 2.28. The summed E-state index contributed by atoms with van der Waals surface area (Å²) < 4.78 is 1.24. The molecule has 1 aromatic heterocycles. The molecular formula is C26H26N4S2. The molecule has 0 radical (unpaired) electrons. The summed E-state index contributed by atoms with van der Waals surface area (Å²) in [5.41, 5.74) is 5.95. The number of thioether (sulfide) groups is 1. The summed E-state index contributed by atoms with van der Waals surface area (Å²) in [6.07, 6.45) is 2.07. The van der Waals surface area contributed by atoms with Gasteiger partial charge in [0.25, 0.3) is 0 Å². The molecule has 4 aromatic rings. The van der Waals surface area contributed by atoms with Crippen molar-refractivity contribution in [2.24, 2.45) is 4.99 Å². The fourth-order valence-electron chi connectivity index (χ4n) is 3.81. The Labute approximate surface area is 197 Å². The van der Waals surface area contributed by atoms with Gasteiger partial charge in [-0.2, -0.15) is 0 Å². The summed E-state index contributed by atoms with van der Waals surface area (Å²) in [5, 5.41) is 9.06. The van der Waals surface area contributed by atoms with Crippen LogP contribution in [0.3, 0.4) is 0 Å². The number of aliphatic imine (C=N–C) groups is 1. The Bertz CT molecular complexity index is 1220. The Morgan fingerprint density at radius 1 is 1.06 bits per heavy atom. The van der Waals surface area contributed by atoms with E-state index in [-0.39, 0.29) is 0 Å². The summed E-state index contributed by atoms with van der Waals surface area (Å²) in [6, 6.07) is 25.9. The summed E-state index contributed by atoms with van der Waals surface area (Å²) in [5.74, 6) is 1.08. The molecule has 6 heteroatoms. The highest BCUT2D eigenvalue weighted by Gasteiger charge is 2.18. The average Bonchev–Trinajstić information content (AvgIpc) is 3.23. The molecule has 32 heavy (non-hydrogen) atoms. The minimum atomic E-state index is 0.341. The van der Waals surface area contributed by atoms with Crippen molar-refractivity contribution in [1.29, 1.82) is 0 Å². The molecular weight excluding hydrogens is 432 g/mol. The first-order valence-electron chi connectivity index (χ1n) is 11.0. The molecule has 1 saturated heterocycles. The number of thiazole rings is 1. The number of amidine groups is 1. The zero-order valence-corrected chi connectivity index (χ0v) is 19.7. The van der Waals surface area contributed by atoms with Gasteiger partial charge in [-0.05, 0) is 60.7 Å². The van der Waals surface area contributed by atoms with Crippen molar-refractivity contribution in [2.75, 3.05) is 17.6 Å². The van der Waals surface area contributed by atoms with Crippen LogP contribution in [0.4, 0.5) is 10.8 Å². The van der Waals surface area contributed by atoms with Crippen molar-refractivity contribution in [3.63, 3.8) is 0 Å². The zero-order valence-electron chi connectivity index (χ0n) is 18.0. The standard InChI is InChI=1S/C26H26N4S2/c1-18-7-12-23-24(17-18)32-25(30-23)27-15-13-19-8-10-21(11-9-19)28-26-29-22(14-16-31-26)20-5-3-2-4-6-20/h2-12,17,22H,13-16H2,1H3,(H,27,30)(H,28,29). The molecule has 2 N–H and O–H groups in total. The minimum Gasteiger partial charge on any atom is -0.361 e. The van der Waals surface area contributed by atoms with Crippen LogP contribution in [0.25, 0.3) is 10.2 Å². The predicted octanol–water partition coefficient (Wildman–Crippen LogP) is 6.71. The molecule has 1 aliphatic rings. The minimum absolute atomic E-state index is 0.341. The number of benzene rings is 3. The largest absolute Gasteiger partial charge is 0.361 e. The van der Waals surface area contributed by atoms with E-state index in [1.165, 1.54) is 21.4 Å². The molecule has 0 aliphatic carbocycles. The maximum absolute atomic E-state index is 4.84. The van der Waals surface area contributed by atoms with Crippen molar-refractivity contribution >= 4 is 49.3 Å². The van der Waals surface area contributed by atoms with Crippen LogP contribution in [0.1, 0.15) is 29.2 Å². The quantitative estimate of drug-likeness (QED) is 0.337. The second-order valence-electron chi connectivity index (χ2n) is 8.00. The number of nitrogens with zero attached hydrogens (tertiary/aromatic N) is 2. The van der Waals surface area contributed by atoms with E-state index in [9.17, 15) is 0 Å².